The Balaban J connectivity index is 1.49. The minimum atomic E-state index is -0.195. The van der Waals surface area contributed by atoms with Crippen molar-refractivity contribution in [2.45, 2.75) is 39.3 Å². The first-order valence-electron chi connectivity index (χ1n) is 9.84. The maximum Gasteiger partial charge on any atom is 0.254 e. The molecule has 142 valence electrons. The number of carbonyl (C=O) groups excluding carboxylic acids is 1. The third-order valence-corrected chi connectivity index (χ3v) is 6.12. The molecule has 3 heterocycles. The molecule has 5 rings (SSSR count). The molecule has 4 heteroatoms. The number of fused-ring (bicyclic) bond motifs is 4. The van der Waals surface area contributed by atoms with Crippen molar-refractivity contribution in [1.82, 2.24) is 9.80 Å². The van der Waals surface area contributed by atoms with Crippen molar-refractivity contribution in [1.29, 1.82) is 0 Å². The molecule has 0 saturated carbocycles. The summed E-state index contributed by atoms with van der Waals surface area (Å²) in [7, 11) is 0. The van der Waals surface area contributed by atoms with Crippen LogP contribution in [0.15, 0.2) is 42.5 Å². The quantitative estimate of drug-likeness (QED) is 0.814. The lowest BCUT2D eigenvalue weighted by molar-refractivity contribution is 0.0585. The second kappa shape index (κ2) is 7.43. The minimum Gasteiger partial charge on any atom is -0.334 e. The van der Waals surface area contributed by atoms with E-state index >= 15 is 0 Å². The first-order valence-corrected chi connectivity index (χ1v) is 9.84. The summed E-state index contributed by atoms with van der Waals surface area (Å²) < 4.78 is 13.2. The Bertz CT molecular complexity index is 833. The van der Waals surface area contributed by atoms with E-state index in [9.17, 15) is 9.18 Å². The molecule has 3 saturated heterocycles. The van der Waals surface area contributed by atoms with Crippen LogP contribution in [0.4, 0.5) is 4.39 Å². The Labute approximate surface area is 160 Å². The fourth-order valence-corrected chi connectivity index (χ4v) is 4.45. The summed E-state index contributed by atoms with van der Waals surface area (Å²) in [5, 5.41) is 0. The molecule has 0 radical (unpaired) electrons. The van der Waals surface area contributed by atoms with Crippen molar-refractivity contribution < 1.29 is 9.18 Å². The van der Waals surface area contributed by atoms with Crippen LogP contribution in [0.2, 0.25) is 0 Å². The Morgan fingerprint density at radius 2 is 1.78 bits per heavy atom. The number of amides is 1. The Hall–Kier alpha value is -2.20. The SMILES string of the molecule is Cc1ccc(C(=O)N2C[C@H]3CC[C@@H]2CN(Cc2ccc(F)cc2)C3)cc1C. The van der Waals surface area contributed by atoms with Gasteiger partial charge in [0, 0.05) is 37.8 Å². The van der Waals surface area contributed by atoms with Gasteiger partial charge in [-0.2, -0.15) is 0 Å². The third kappa shape index (κ3) is 3.91. The lowest BCUT2D eigenvalue weighted by atomic mass is 9.94. The zero-order chi connectivity index (χ0) is 19.0. The normalized spacial score (nSPS) is 22.7. The van der Waals surface area contributed by atoms with Crippen LogP contribution in [0.1, 0.15) is 39.9 Å². The summed E-state index contributed by atoms with van der Waals surface area (Å²) in [6.07, 6.45) is 2.25. The largest absolute Gasteiger partial charge is 0.334 e. The van der Waals surface area contributed by atoms with Crippen molar-refractivity contribution in [2.75, 3.05) is 19.6 Å². The van der Waals surface area contributed by atoms with Crippen LogP contribution >= 0.6 is 0 Å². The van der Waals surface area contributed by atoms with E-state index in [2.05, 4.69) is 23.6 Å². The van der Waals surface area contributed by atoms with Gasteiger partial charge in [-0.1, -0.05) is 18.2 Å². The summed E-state index contributed by atoms with van der Waals surface area (Å²) in [5.41, 5.74) is 4.31. The van der Waals surface area contributed by atoms with Crippen LogP contribution in [-0.4, -0.2) is 41.4 Å². The van der Waals surface area contributed by atoms with Gasteiger partial charge in [0.25, 0.3) is 5.91 Å². The molecule has 0 aliphatic carbocycles. The van der Waals surface area contributed by atoms with Gasteiger partial charge in [-0.15, -0.1) is 0 Å². The smallest absolute Gasteiger partial charge is 0.254 e. The standard InChI is InChI=1S/C23H27FN2O/c1-16-3-7-20(11-17(16)2)23(27)26-14-19-6-10-22(26)15-25(13-19)12-18-4-8-21(24)9-5-18/h3-5,7-9,11,19,22H,6,10,12-15H2,1-2H3/t19-,22+/m0/s1. The number of hydrogen-bond donors (Lipinski definition) is 0. The second-order valence-corrected chi connectivity index (χ2v) is 8.17. The van der Waals surface area contributed by atoms with Crippen molar-refractivity contribution in [3.05, 3.63) is 70.5 Å². The molecule has 0 spiro atoms. The molecular formula is C23H27FN2O. The summed E-state index contributed by atoms with van der Waals surface area (Å²) in [6, 6.07) is 13.1. The van der Waals surface area contributed by atoms with Crippen LogP contribution in [0, 0.1) is 25.6 Å². The number of hydrogen-bond acceptors (Lipinski definition) is 2. The van der Waals surface area contributed by atoms with Gasteiger partial charge in [-0.25, -0.2) is 4.39 Å². The minimum absolute atomic E-state index is 0.163. The molecule has 3 fully saturated rings. The van der Waals surface area contributed by atoms with Crippen LogP contribution < -0.4 is 0 Å². The van der Waals surface area contributed by atoms with E-state index in [1.54, 1.807) is 0 Å². The predicted octanol–water partition coefficient (Wildman–Crippen LogP) is 4.18. The van der Waals surface area contributed by atoms with E-state index in [0.29, 0.717) is 5.92 Å². The van der Waals surface area contributed by atoms with Gasteiger partial charge in [-0.3, -0.25) is 9.69 Å². The molecule has 0 unspecified atom stereocenters. The molecule has 1 amide bonds. The molecule has 2 aromatic carbocycles. The molecule has 0 aromatic heterocycles. The predicted molar refractivity (Wildman–Crippen MR) is 105 cm³/mol. The molecule has 2 aromatic rings. The van der Waals surface area contributed by atoms with Crippen molar-refractivity contribution in [2.24, 2.45) is 5.92 Å². The number of benzene rings is 2. The highest BCUT2D eigenvalue weighted by molar-refractivity contribution is 5.94. The molecule has 0 N–H and O–H groups in total. The third-order valence-electron chi connectivity index (χ3n) is 6.12. The highest BCUT2D eigenvalue weighted by Gasteiger charge is 2.37. The van der Waals surface area contributed by atoms with Gasteiger partial charge >= 0.3 is 0 Å². The summed E-state index contributed by atoms with van der Waals surface area (Å²) >= 11 is 0. The maximum atomic E-state index is 13.2. The summed E-state index contributed by atoms with van der Waals surface area (Å²) in [6.45, 7) is 7.69. The van der Waals surface area contributed by atoms with Crippen molar-refractivity contribution in [3.63, 3.8) is 0 Å². The second-order valence-electron chi connectivity index (χ2n) is 8.17. The average molecular weight is 366 g/mol. The number of carbonyl (C=O) groups is 1. The molecule has 27 heavy (non-hydrogen) atoms. The zero-order valence-corrected chi connectivity index (χ0v) is 16.1. The zero-order valence-electron chi connectivity index (χ0n) is 16.1. The molecule has 2 bridgehead atoms. The molecule has 3 aliphatic rings. The van der Waals surface area contributed by atoms with Crippen molar-refractivity contribution in [3.8, 4) is 0 Å². The van der Waals surface area contributed by atoms with Crippen LogP contribution in [0.25, 0.3) is 0 Å². The van der Waals surface area contributed by atoms with E-state index in [-0.39, 0.29) is 17.8 Å². The highest BCUT2D eigenvalue weighted by atomic mass is 19.1. The molecule has 2 atom stereocenters. The van der Waals surface area contributed by atoms with Gasteiger partial charge < -0.3 is 4.90 Å². The number of piperidine rings is 1. The Morgan fingerprint density at radius 3 is 2.52 bits per heavy atom. The number of rotatable bonds is 3. The van der Waals surface area contributed by atoms with Crippen LogP contribution in [-0.2, 0) is 6.54 Å². The van der Waals surface area contributed by atoms with Crippen LogP contribution in [0.3, 0.4) is 0 Å². The van der Waals surface area contributed by atoms with Gasteiger partial charge in [-0.05, 0) is 73.6 Å². The number of aryl methyl sites for hydroxylation is 2. The van der Waals surface area contributed by atoms with E-state index in [1.165, 1.54) is 29.7 Å². The first kappa shape index (κ1) is 18.2. The summed E-state index contributed by atoms with van der Waals surface area (Å²) in [5.74, 6) is 0.482. The van der Waals surface area contributed by atoms with E-state index < -0.39 is 0 Å². The number of halogens is 1. The van der Waals surface area contributed by atoms with E-state index in [4.69, 9.17) is 0 Å². The monoisotopic (exact) mass is 366 g/mol. The van der Waals surface area contributed by atoms with Crippen molar-refractivity contribution >= 4 is 5.91 Å². The topological polar surface area (TPSA) is 23.6 Å². The molecular weight excluding hydrogens is 339 g/mol. The van der Waals surface area contributed by atoms with Gasteiger partial charge in [0.1, 0.15) is 5.82 Å². The summed E-state index contributed by atoms with van der Waals surface area (Å²) in [4.78, 5) is 17.7. The highest BCUT2D eigenvalue weighted by Crippen LogP contribution is 2.30. The fourth-order valence-electron chi connectivity index (χ4n) is 4.45. The lowest BCUT2D eigenvalue weighted by Crippen LogP contribution is -2.47. The Morgan fingerprint density at radius 1 is 1.00 bits per heavy atom. The van der Waals surface area contributed by atoms with E-state index in [0.717, 1.165) is 43.7 Å². The number of nitrogens with zero attached hydrogens (tertiary/aromatic N) is 2. The molecule has 3 nitrogen and oxygen atoms in total. The average Bonchev–Trinajstić information content (AvgIpc) is 2.96. The van der Waals surface area contributed by atoms with Gasteiger partial charge in [0.15, 0.2) is 0 Å². The van der Waals surface area contributed by atoms with Crippen LogP contribution in [0.5, 0.6) is 0 Å². The Kier molecular flexibility index (Phi) is 5.00. The first-order chi connectivity index (χ1) is 13.0. The maximum absolute atomic E-state index is 13.2. The van der Waals surface area contributed by atoms with Gasteiger partial charge in [0.2, 0.25) is 0 Å². The van der Waals surface area contributed by atoms with Gasteiger partial charge in [0.05, 0.1) is 0 Å². The van der Waals surface area contributed by atoms with E-state index in [1.807, 2.05) is 30.3 Å². The lowest BCUT2D eigenvalue weighted by Gasteiger charge is -2.36. The fraction of sp³-hybridized carbons (Fsp3) is 0.435. The molecule has 3 aliphatic heterocycles.